The number of amides is 2. The molecule has 1 aliphatic heterocycles. The topological polar surface area (TPSA) is 69.6 Å². The van der Waals surface area contributed by atoms with E-state index < -0.39 is 11.8 Å². The number of nitrogens with zero attached hydrogens (tertiary/aromatic N) is 1. The molecular formula is C13H14ClFN2O3. The van der Waals surface area contributed by atoms with Crippen molar-refractivity contribution in [3.63, 3.8) is 0 Å². The van der Waals surface area contributed by atoms with Crippen LogP contribution in [0.15, 0.2) is 18.2 Å². The number of hydrogen-bond acceptors (Lipinski definition) is 2. The van der Waals surface area contributed by atoms with Crippen LogP contribution in [0.25, 0.3) is 0 Å². The maximum Gasteiger partial charge on any atom is 0.321 e. The van der Waals surface area contributed by atoms with E-state index in [1.807, 2.05) is 0 Å². The highest BCUT2D eigenvalue weighted by atomic mass is 35.5. The predicted octanol–water partition coefficient (Wildman–Crippen LogP) is 2.81. The van der Waals surface area contributed by atoms with Gasteiger partial charge in [0.2, 0.25) is 0 Å². The number of aliphatic carboxylic acids is 1. The fourth-order valence-corrected chi connectivity index (χ4v) is 2.43. The second kappa shape index (κ2) is 6.09. The van der Waals surface area contributed by atoms with E-state index in [-0.39, 0.29) is 23.4 Å². The van der Waals surface area contributed by atoms with Gasteiger partial charge in [0, 0.05) is 19.5 Å². The monoisotopic (exact) mass is 300 g/mol. The van der Waals surface area contributed by atoms with Crippen molar-refractivity contribution in [2.75, 3.05) is 18.4 Å². The maximum absolute atomic E-state index is 12.9. The van der Waals surface area contributed by atoms with Crippen molar-refractivity contribution < 1.29 is 19.1 Å². The van der Waals surface area contributed by atoms with E-state index in [4.69, 9.17) is 16.7 Å². The van der Waals surface area contributed by atoms with Crippen LogP contribution in [0.4, 0.5) is 14.9 Å². The molecule has 0 spiro atoms. The Balaban J connectivity index is 1.94. The lowest BCUT2D eigenvalue weighted by molar-refractivity contribution is -0.138. The fraction of sp³-hybridized carbons (Fsp3) is 0.385. The Labute approximate surface area is 120 Å². The van der Waals surface area contributed by atoms with Gasteiger partial charge in [0.25, 0.3) is 0 Å². The first-order valence-corrected chi connectivity index (χ1v) is 6.56. The van der Waals surface area contributed by atoms with Crippen molar-refractivity contribution in [2.45, 2.75) is 12.8 Å². The van der Waals surface area contributed by atoms with E-state index in [9.17, 15) is 14.0 Å². The minimum atomic E-state index is -0.862. The fourth-order valence-electron chi connectivity index (χ4n) is 2.22. The van der Waals surface area contributed by atoms with Crippen molar-refractivity contribution in [3.05, 3.63) is 29.0 Å². The molecule has 20 heavy (non-hydrogen) atoms. The van der Waals surface area contributed by atoms with Gasteiger partial charge in [-0.05, 0) is 30.5 Å². The number of urea groups is 1. The van der Waals surface area contributed by atoms with Gasteiger partial charge in [-0.25, -0.2) is 9.18 Å². The Hall–Kier alpha value is -1.82. The number of halogens is 2. The van der Waals surface area contributed by atoms with Gasteiger partial charge in [-0.3, -0.25) is 4.79 Å². The van der Waals surface area contributed by atoms with E-state index in [0.29, 0.717) is 25.2 Å². The molecule has 0 saturated carbocycles. The highest BCUT2D eigenvalue weighted by molar-refractivity contribution is 6.33. The second-order valence-corrected chi connectivity index (χ2v) is 5.16. The van der Waals surface area contributed by atoms with Crippen LogP contribution in [0, 0.1) is 11.7 Å². The average molecular weight is 301 g/mol. The Kier molecular flexibility index (Phi) is 4.44. The maximum atomic E-state index is 12.9. The molecule has 5 nitrogen and oxygen atoms in total. The zero-order valence-electron chi connectivity index (χ0n) is 10.6. The zero-order valence-corrected chi connectivity index (χ0v) is 11.4. The summed E-state index contributed by atoms with van der Waals surface area (Å²) in [5.41, 5.74) is 0.333. The van der Waals surface area contributed by atoms with Crippen molar-refractivity contribution >= 4 is 29.3 Å². The van der Waals surface area contributed by atoms with Crippen LogP contribution in [0.3, 0.4) is 0 Å². The minimum Gasteiger partial charge on any atom is -0.481 e. The summed E-state index contributed by atoms with van der Waals surface area (Å²) >= 11 is 5.83. The van der Waals surface area contributed by atoms with Crippen molar-refractivity contribution in [1.82, 2.24) is 4.90 Å². The smallest absolute Gasteiger partial charge is 0.321 e. The van der Waals surface area contributed by atoms with Gasteiger partial charge in [0.1, 0.15) is 5.82 Å². The van der Waals surface area contributed by atoms with Crippen LogP contribution >= 0.6 is 11.6 Å². The average Bonchev–Trinajstić information content (AvgIpc) is 2.80. The molecule has 1 unspecified atom stereocenters. The highest BCUT2D eigenvalue weighted by Gasteiger charge is 2.27. The third-order valence-corrected chi connectivity index (χ3v) is 3.52. The minimum absolute atomic E-state index is 0.0260. The largest absolute Gasteiger partial charge is 0.481 e. The molecule has 1 aromatic carbocycles. The van der Waals surface area contributed by atoms with Gasteiger partial charge in [0.15, 0.2) is 0 Å². The SMILES string of the molecule is O=C(O)CC1CCN(C(=O)Nc2ccc(F)cc2Cl)C1. The molecule has 2 amide bonds. The van der Waals surface area contributed by atoms with E-state index in [1.54, 1.807) is 0 Å². The molecule has 0 bridgehead atoms. The quantitative estimate of drug-likeness (QED) is 0.902. The summed E-state index contributed by atoms with van der Waals surface area (Å²) in [5.74, 6) is -1.36. The molecule has 0 aliphatic carbocycles. The van der Waals surface area contributed by atoms with E-state index >= 15 is 0 Å². The molecule has 108 valence electrons. The van der Waals surface area contributed by atoms with Crippen molar-refractivity contribution in [1.29, 1.82) is 0 Å². The summed E-state index contributed by atoms with van der Waals surface area (Å²) in [6, 6.07) is 3.36. The molecule has 1 aromatic rings. The van der Waals surface area contributed by atoms with Gasteiger partial charge in [-0.1, -0.05) is 11.6 Å². The Morgan fingerprint density at radius 1 is 1.50 bits per heavy atom. The number of nitrogens with one attached hydrogen (secondary N) is 1. The molecule has 7 heteroatoms. The van der Waals surface area contributed by atoms with Crippen LogP contribution in [0.1, 0.15) is 12.8 Å². The second-order valence-electron chi connectivity index (χ2n) is 4.75. The van der Waals surface area contributed by atoms with Crippen molar-refractivity contribution in [3.8, 4) is 0 Å². The zero-order chi connectivity index (χ0) is 14.7. The summed E-state index contributed by atoms with van der Waals surface area (Å²) in [6.45, 7) is 0.902. The van der Waals surface area contributed by atoms with Crippen LogP contribution in [0.2, 0.25) is 5.02 Å². The third kappa shape index (κ3) is 3.60. The number of rotatable bonds is 3. The number of carbonyl (C=O) groups excluding carboxylic acids is 1. The summed E-state index contributed by atoms with van der Waals surface area (Å²) in [5, 5.41) is 11.4. The first-order valence-electron chi connectivity index (χ1n) is 6.18. The summed E-state index contributed by atoms with van der Waals surface area (Å²) < 4.78 is 12.9. The van der Waals surface area contributed by atoms with E-state index in [1.165, 1.54) is 17.0 Å². The molecule has 1 atom stereocenters. The van der Waals surface area contributed by atoms with Gasteiger partial charge in [-0.15, -0.1) is 0 Å². The number of carbonyl (C=O) groups is 2. The summed E-state index contributed by atoms with van der Waals surface area (Å²) in [4.78, 5) is 24.2. The van der Waals surface area contributed by atoms with Crippen molar-refractivity contribution in [2.24, 2.45) is 5.92 Å². The molecule has 1 heterocycles. The van der Waals surface area contributed by atoms with E-state index in [0.717, 1.165) is 6.07 Å². The molecular weight excluding hydrogens is 287 g/mol. The molecule has 0 aromatic heterocycles. The first kappa shape index (κ1) is 14.6. The normalized spacial score (nSPS) is 18.1. The lowest BCUT2D eigenvalue weighted by Crippen LogP contribution is -2.33. The number of likely N-dealkylation sites (tertiary alicyclic amines) is 1. The molecule has 1 saturated heterocycles. The third-order valence-electron chi connectivity index (χ3n) is 3.21. The number of carboxylic acids is 1. The number of hydrogen-bond donors (Lipinski definition) is 2. The predicted molar refractivity (Wildman–Crippen MR) is 72.4 cm³/mol. The molecule has 1 aliphatic rings. The summed E-state index contributed by atoms with van der Waals surface area (Å²) in [6.07, 6.45) is 0.720. The lowest BCUT2D eigenvalue weighted by atomic mass is 10.1. The first-order chi connectivity index (χ1) is 9.45. The number of carboxylic acid groups (broad SMARTS) is 1. The Morgan fingerprint density at radius 2 is 2.25 bits per heavy atom. The lowest BCUT2D eigenvalue weighted by Gasteiger charge is -2.17. The van der Waals surface area contributed by atoms with Gasteiger partial charge in [0.05, 0.1) is 10.7 Å². The number of benzene rings is 1. The van der Waals surface area contributed by atoms with Crippen LogP contribution in [-0.2, 0) is 4.79 Å². The highest BCUT2D eigenvalue weighted by Crippen LogP contribution is 2.24. The molecule has 1 fully saturated rings. The Bertz CT molecular complexity index is 538. The van der Waals surface area contributed by atoms with Gasteiger partial charge >= 0.3 is 12.0 Å². The van der Waals surface area contributed by atoms with Gasteiger partial charge < -0.3 is 15.3 Å². The van der Waals surface area contributed by atoms with Crippen LogP contribution < -0.4 is 5.32 Å². The van der Waals surface area contributed by atoms with Gasteiger partial charge in [-0.2, -0.15) is 0 Å². The molecule has 0 radical (unpaired) electrons. The van der Waals surface area contributed by atoms with Crippen LogP contribution in [0.5, 0.6) is 0 Å². The Morgan fingerprint density at radius 3 is 2.90 bits per heavy atom. The summed E-state index contributed by atoms with van der Waals surface area (Å²) in [7, 11) is 0. The standard InChI is InChI=1S/C13H14ClFN2O3/c14-10-6-9(15)1-2-11(10)16-13(20)17-4-3-8(7-17)5-12(18)19/h1-2,6,8H,3-5,7H2,(H,16,20)(H,18,19). The molecule has 2 rings (SSSR count). The molecule has 2 N–H and O–H groups in total. The van der Waals surface area contributed by atoms with Crippen LogP contribution in [-0.4, -0.2) is 35.1 Å². The van der Waals surface area contributed by atoms with E-state index in [2.05, 4.69) is 5.32 Å². The number of anilines is 1.